The van der Waals surface area contributed by atoms with Crippen LogP contribution >= 0.6 is 0 Å². The van der Waals surface area contributed by atoms with Crippen LogP contribution in [-0.4, -0.2) is 29.8 Å². The number of ether oxygens (including phenoxy) is 2. The zero-order valence-electron chi connectivity index (χ0n) is 28.7. The van der Waals surface area contributed by atoms with Crippen LogP contribution in [0.25, 0.3) is 0 Å². The molecule has 1 atom stereocenters. The lowest BCUT2D eigenvalue weighted by molar-refractivity contribution is -0.168. The zero-order valence-corrected chi connectivity index (χ0v) is 28.7. The number of hydrogen-bond donors (Lipinski definition) is 1. The number of benzene rings is 1. The lowest BCUT2D eigenvalue weighted by Gasteiger charge is -2.25. The molecular weight excluding hydrogens is 536 g/mol. The van der Waals surface area contributed by atoms with Gasteiger partial charge in [-0.1, -0.05) is 136 Å². The molecule has 0 aliphatic heterocycles. The van der Waals surface area contributed by atoms with Crippen LogP contribution in [0.5, 0.6) is 5.75 Å². The molecule has 1 aromatic carbocycles. The maximum Gasteiger partial charge on any atom is 0.347 e. The summed E-state index contributed by atoms with van der Waals surface area (Å²) in [6.07, 6.45) is 23.9. The molecule has 0 aromatic heterocycles. The molecule has 0 bridgehead atoms. The monoisotopic (exact) mass is 602 g/mol. The Morgan fingerprint density at radius 2 is 1.28 bits per heavy atom. The summed E-state index contributed by atoms with van der Waals surface area (Å²) in [7, 11) is 0. The van der Waals surface area contributed by atoms with Crippen molar-refractivity contribution in [1.29, 1.82) is 0 Å². The summed E-state index contributed by atoms with van der Waals surface area (Å²) in [5.41, 5.74) is 2.14. The van der Waals surface area contributed by atoms with Gasteiger partial charge in [0, 0.05) is 6.42 Å². The van der Waals surface area contributed by atoms with Gasteiger partial charge in [-0.05, 0) is 68.1 Å². The normalized spacial score (nSPS) is 12.3. The fraction of sp³-hybridized carbons (Fsp3) is 0.789. The Hall–Kier alpha value is -2.04. The average Bonchev–Trinajstić information content (AvgIpc) is 2.99. The molecule has 0 radical (unpaired) electrons. The number of carbonyl (C=O) groups excluding carboxylic acids is 2. The van der Waals surface area contributed by atoms with Crippen molar-refractivity contribution in [2.75, 3.05) is 6.61 Å². The van der Waals surface area contributed by atoms with Gasteiger partial charge in [-0.3, -0.25) is 4.79 Å². The van der Waals surface area contributed by atoms with E-state index in [0.29, 0.717) is 18.6 Å². The lowest BCUT2D eigenvalue weighted by Crippen LogP contribution is -2.29. The molecule has 0 aliphatic carbocycles. The molecule has 0 spiro atoms. The summed E-state index contributed by atoms with van der Waals surface area (Å²) < 4.78 is 10.8. The number of aryl methyl sites for hydroxylation is 1. The summed E-state index contributed by atoms with van der Waals surface area (Å²) in [6.45, 7) is 10.8. The van der Waals surface area contributed by atoms with Crippen LogP contribution in [0.2, 0.25) is 0 Å². The minimum atomic E-state index is -0.811. The first kappa shape index (κ1) is 39.0. The topological polar surface area (TPSA) is 72.8 Å². The Kier molecular flexibility index (Phi) is 22.0. The van der Waals surface area contributed by atoms with E-state index in [1.807, 2.05) is 6.07 Å². The molecule has 1 aromatic rings. The van der Waals surface area contributed by atoms with Crippen LogP contribution in [0.15, 0.2) is 18.2 Å². The first-order valence-corrected chi connectivity index (χ1v) is 17.9. The summed E-state index contributed by atoms with van der Waals surface area (Å²) in [4.78, 5) is 24.9. The molecule has 0 fully saturated rings. The highest BCUT2D eigenvalue weighted by Gasteiger charge is 2.24. The minimum Gasteiger partial charge on any atom is -0.508 e. The molecule has 1 unspecified atom stereocenters. The third-order valence-electron chi connectivity index (χ3n) is 8.91. The van der Waals surface area contributed by atoms with Crippen molar-refractivity contribution in [2.45, 2.75) is 187 Å². The van der Waals surface area contributed by atoms with Crippen LogP contribution in [0, 0.1) is 0 Å². The van der Waals surface area contributed by atoms with E-state index in [4.69, 9.17) is 9.47 Å². The third-order valence-corrected chi connectivity index (χ3v) is 8.91. The van der Waals surface area contributed by atoms with E-state index in [0.717, 1.165) is 56.9 Å². The third kappa shape index (κ3) is 18.4. The van der Waals surface area contributed by atoms with Gasteiger partial charge in [0.1, 0.15) is 5.75 Å². The first-order chi connectivity index (χ1) is 20.7. The van der Waals surface area contributed by atoms with Crippen molar-refractivity contribution in [3.63, 3.8) is 0 Å². The summed E-state index contributed by atoms with van der Waals surface area (Å²) in [5, 5.41) is 10.3. The largest absolute Gasteiger partial charge is 0.508 e. The van der Waals surface area contributed by atoms with E-state index < -0.39 is 12.1 Å². The van der Waals surface area contributed by atoms with Crippen molar-refractivity contribution in [3.05, 3.63) is 29.3 Å². The van der Waals surface area contributed by atoms with E-state index in [2.05, 4.69) is 33.8 Å². The number of unbranched alkanes of at least 4 members (excludes halogenated alkanes) is 16. The van der Waals surface area contributed by atoms with Gasteiger partial charge in [0.2, 0.25) is 0 Å². The van der Waals surface area contributed by atoms with Gasteiger partial charge in [-0.25, -0.2) is 4.79 Å². The lowest BCUT2D eigenvalue weighted by atomic mass is 9.80. The van der Waals surface area contributed by atoms with E-state index >= 15 is 0 Å². The molecule has 5 heteroatoms. The first-order valence-electron chi connectivity index (χ1n) is 17.9. The maximum atomic E-state index is 12.5. The smallest absolute Gasteiger partial charge is 0.347 e. The van der Waals surface area contributed by atoms with Gasteiger partial charge in [0.25, 0.3) is 0 Å². The molecule has 5 nitrogen and oxygen atoms in total. The van der Waals surface area contributed by atoms with Gasteiger partial charge < -0.3 is 14.6 Å². The highest BCUT2D eigenvalue weighted by atomic mass is 16.6. The van der Waals surface area contributed by atoms with Crippen LogP contribution in [0.1, 0.15) is 181 Å². The van der Waals surface area contributed by atoms with Crippen molar-refractivity contribution in [3.8, 4) is 5.75 Å². The molecule has 43 heavy (non-hydrogen) atoms. The number of esters is 2. The standard InChI is InChI=1S/C38H66O5/c1-6-9-10-11-12-13-14-15-16-17-18-19-20-21-25-28-36(40)43-35(37(41)42-8-3)27-24-22-23-26-32-29-30-34(39)33(31-32)38(4,5)7-2/h29-31,35,39H,6-28H2,1-5H3. The Labute approximate surface area is 264 Å². The molecular formula is C38H66O5. The Balaban J connectivity index is 2.21. The summed E-state index contributed by atoms with van der Waals surface area (Å²) >= 11 is 0. The van der Waals surface area contributed by atoms with Crippen LogP contribution in [-0.2, 0) is 30.9 Å². The van der Waals surface area contributed by atoms with E-state index in [-0.39, 0.29) is 18.0 Å². The number of hydrogen-bond acceptors (Lipinski definition) is 5. The van der Waals surface area contributed by atoms with Crippen molar-refractivity contribution in [2.24, 2.45) is 0 Å². The second-order valence-electron chi connectivity index (χ2n) is 13.1. The predicted molar refractivity (Wildman–Crippen MR) is 180 cm³/mol. The molecule has 0 saturated carbocycles. The molecule has 1 N–H and O–H groups in total. The number of phenolic OH excluding ortho intramolecular Hbond substituents is 1. The second kappa shape index (κ2) is 24.3. The number of carbonyl (C=O) groups is 2. The van der Waals surface area contributed by atoms with Crippen molar-refractivity contribution in [1.82, 2.24) is 0 Å². The average molecular weight is 603 g/mol. The molecule has 0 heterocycles. The Morgan fingerprint density at radius 1 is 0.744 bits per heavy atom. The van der Waals surface area contributed by atoms with Crippen molar-refractivity contribution >= 4 is 11.9 Å². The fourth-order valence-corrected chi connectivity index (χ4v) is 5.63. The highest BCUT2D eigenvalue weighted by molar-refractivity contribution is 5.79. The molecule has 0 saturated heterocycles. The Morgan fingerprint density at radius 3 is 1.81 bits per heavy atom. The van der Waals surface area contributed by atoms with E-state index in [1.54, 1.807) is 13.0 Å². The zero-order chi connectivity index (χ0) is 31.8. The van der Waals surface area contributed by atoms with Gasteiger partial charge >= 0.3 is 11.9 Å². The number of phenols is 1. The maximum absolute atomic E-state index is 12.5. The van der Waals surface area contributed by atoms with E-state index in [9.17, 15) is 14.7 Å². The quantitative estimate of drug-likeness (QED) is 0.0801. The van der Waals surface area contributed by atoms with Crippen LogP contribution in [0.4, 0.5) is 0 Å². The predicted octanol–water partition coefficient (Wildman–Crippen LogP) is 10.9. The molecule has 248 valence electrons. The molecule has 0 aliphatic rings. The SMILES string of the molecule is CCCCCCCCCCCCCCCCCC(=O)OC(CCCCCc1ccc(O)c(C(C)(C)CC)c1)C(=O)OCC. The number of aromatic hydroxyl groups is 1. The van der Waals surface area contributed by atoms with Gasteiger partial charge in [-0.2, -0.15) is 0 Å². The molecule has 1 rings (SSSR count). The van der Waals surface area contributed by atoms with Gasteiger partial charge in [0.15, 0.2) is 6.10 Å². The number of rotatable bonds is 27. The van der Waals surface area contributed by atoms with Gasteiger partial charge in [0.05, 0.1) is 6.61 Å². The second-order valence-corrected chi connectivity index (χ2v) is 13.1. The summed E-state index contributed by atoms with van der Waals surface area (Å²) in [6, 6.07) is 5.92. The molecule has 0 amide bonds. The summed E-state index contributed by atoms with van der Waals surface area (Å²) in [5.74, 6) is -0.362. The van der Waals surface area contributed by atoms with E-state index in [1.165, 1.54) is 82.6 Å². The minimum absolute atomic E-state index is 0.0662. The Bertz CT molecular complexity index is 862. The highest BCUT2D eigenvalue weighted by Crippen LogP contribution is 2.34. The fourth-order valence-electron chi connectivity index (χ4n) is 5.63. The van der Waals surface area contributed by atoms with Crippen molar-refractivity contribution < 1.29 is 24.2 Å². The van der Waals surface area contributed by atoms with Gasteiger partial charge in [-0.15, -0.1) is 0 Å². The van der Waals surface area contributed by atoms with Crippen LogP contribution < -0.4 is 0 Å². The van der Waals surface area contributed by atoms with Crippen LogP contribution in [0.3, 0.4) is 0 Å².